The fourth-order valence-corrected chi connectivity index (χ4v) is 2.55. The minimum absolute atomic E-state index is 0.0314. The first-order chi connectivity index (χ1) is 9.75. The number of aryl methyl sites for hydroxylation is 1. The molecule has 0 saturated carbocycles. The Kier molecular flexibility index (Phi) is 3.95. The van der Waals surface area contributed by atoms with Crippen LogP contribution in [-0.2, 0) is 0 Å². The molecule has 0 bridgehead atoms. The van der Waals surface area contributed by atoms with Gasteiger partial charge < -0.3 is 5.32 Å². The van der Waals surface area contributed by atoms with Crippen molar-refractivity contribution in [3.8, 4) is 0 Å². The fraction of sp³-hybridized carbons (Fsp3) is 0.167. The molecule has 3 nitrogen and oxygen atoms in total. The second-order valence-electron chi connectivity index (χ2n) is 4.10. The van der Waals surface area contributed by atoms with Crippen LogP contribution < -0.4 is 5.32 Å². The van der Waals surface area contributed by atoms with E-state index < -0.39 is 40.6 Å². The van der Waals surface area contributed by atoms with E-state index in [-0.39, 0.29) is 10.6 Å². The van der Waals surface area contributed by atoms with E-state index in [9.17, 15) is 26.7 Å². The van der Waals surface area contributed by atoms with E-state index in [0.29, 0.717) is 17.2 Å². The van der Waals surface area contributed by atoms with Gasteiger partial charge in [0.05, 0.1) is 11.3 Å². The summed E-state index contributed by atoms with van der Waals surface area (Å²) in [5, 5.41) is 1.96. The number of hydrogen-bond acceptors (Lipinski definition) is 4. The Labute approximate surface area is 119 Å². The number of nitrogens with one attached hydrogen (secondary N) is 1. The van der Waals surface area contributed by atoms with E-state index in [1.165, 1.54) is 13.8 Å². The Morgan fingerprint density at radius 2 is 1.48 bits per heavy atom. The molecule has 1 aromatic heterocycles. The van der Waals surface area contributed by atoms with Gasteiger partial charge in [-0.25, -0.2) is 22.0 Å². The predicted octanol–water partition coefficient (Wildman–Crippen LogP) is 4.09. The molecular weight excluding hydrogens is 315 g/mol. The molecule has 0 saturated heterocycles. The van der Waals surface area contributed by atoms with Gasteiger partial charge in [0.2, 0.25) is 5.82 Å². The third-order valence-corrected chi connectivity index (χ3v) is 3.52. The number of carbonyl (C=O) groups is 1. The zero-order valence-corrected chi connectivity index (χ0v) is 11.5. The summed E-state index contributed by atoms with van der Waals surface area (Å²) in [6, 6.07) is 0. The van der Waals surface area contributed by atoms with Crippen molar-refractivity contribution in [3.63, 3.8) is 0 Å². The highest BCUT2D eigenvalue weighted by atomic mass is 32.1. The average molecular weight is 322 g/mol. The van der Waals surface area contributed by atoms with Crippen LogP contribution in [0.25, 0.3) is 0 Å². The summed E-state index contributed by atoms with van der Waals surface area (Å²) >= 11 is 0.679. The maximum Gasteiger partial charge on any atom is 0.200 e. The highest BCUT2D eigenvalue weighted by Gasteiger charge is 2.27. The second-order valence-corrected chi connectivity index (χ2v) is 4.87. The van der Waals surface area contributed by atoms with Crippen LogP contribution in [0.1, 0.15) is 23.0 Å². The van der Waals surface area contributed by atoms with Crippen molar-refractivity contribution in [1.29, 1.82) is 0 Å². The van der Waals surface area contributed by atoms with Crippen LogP contribution in [0.2, 0.25) is 0 Å². The molecule has 0 radical (unpaired) electrons. The SMILES string of the molecule is CC(=O)c1c(C)nsc1Nc1c(F)c(F)c(F)c(F)c1F. The Hall–Kier alpha value is -2.03. The van der Waals surface area contributed by atoms with Gasteiger partial charge in [0.1, 0.15) is 10.7 Å². The number of halogens is 5. The summed E-state index contributed by atoms with van der Waals surface area (Å²) in [7, 11) is 0. The number of nitrogens with zero attached hydrogens (tertiary/aromatic N) is 1. The molecule has 21 heavy (non-hydrogen) atoms. The zero-order chi connectivity index (χ0) is 15.9. The molecule has 0 spiro atoms. The van der Waals surface area contributed by atoms with Crippen molar-refractivity contribution in [2.45, 2.75) is 13.8 Å². The number of ketones is 1. The highest BCUT2D eigenvalue weighted by molar-refractivity contribution is 7.10. The smallest absolute Gasteiger partial charge is 0.200 e. The van der Waals surface area contributed by atoms with E-state index in [4.69, 9.17) is 0 Å². The van der Waals surface area contributed by atoms with Gasteiger partial charge in [-0.1, -0.05) is 0 Å². The van der Waals surface area contributed by atoms with Crippen LogP contribution >= 0.6 is 11.5 Å². The molecule has 0 fully saturated rings. The molecule has 0 aliphatic rings. The molecule has 112 valence electrons. The Bertz CT molecular complexity index is 715. The topological polar surface area (TPSA) is 42.0 Å². The Morgan fingerprint density at radius 1 is 1.00 bits per heavy atom. The second kappa shape index (κ2) is 5.40. The predicted molar refractivity (Wildman–Crippen MR) is 66.4 cm³/mol. The van der Waals surface area contributed by atoms with E-state index in [0.717, 1.165) is 0 Å². The number of Topliss-reactive ketones (excluding diaryl/α,β-unsaturated/α-hetero) is 1. The average Bonchev–Trinajstić information content (AvgIpc) is 2.80. The van der Waals surface area contributed by atoms with Crippen LogP contribution in [-0.4, -0.2) is 10.2 Å². The summed E-state index contributed by atoms with van der Waals surface area (Å²) in [6.07, 6.45) is 0. The van der Waals surface area contributed by atoms with E-state index in [2.05, 4.69) is 9.69 Å². The first-order valence-corrected chi connectivity index (χ1v) is 6.28. The molecule has 0 atom stereocenters. The van der Waals surface area contributed by atoms with Gasteiger partial charge in [-0.15, -0.1) is 0 Å². The van der Waals surface area contributed by atoms with E-state index >= 15 is 0 Å². The molecule has 2 aromatic rings. The molecule has 9 heteroatoms. The molecule has 0 aliphatic heterocycles. The first kappa shape index (κ1) is 15.4. The number of carbonyl (C=O) groups excluding carboxylic acids is 1. The lowest BCUT2D eigenvalue weighted by molar-refractivity contribution is 0.101. The molecule has 2 rings (SSSR count). The van der Waals surface area contributed by atoms with Crippen molar-refractivity contribution in [2.75, 3.05) is 5.32 Å². The molecule has 0 amide bonds. The molecular formula is C12H7F5N2OS. The fourth-order valence-electron chi connectivity index (χ4n) is 1.70. The van der Waals surface area contributed by atoms with Crippen molar-refractivity contribution >= 4 is 28.0 Å². The van der Waals surface area contributed by atoms with Crippen LogP contribution in [0.15, 0.2) is 0 Å². The van der Waals surface area contributed by atoms with Crippen LogP contribution in [0, 0.1) is 36.0 Å². The summed E-state index contributed by atoms with van der Waals surface area (Å²) in [5.41, 5.74) is -0.902. The Balaban J connectivity index is 2.58. The maximum atomic E-state index is 13.5. The molecule has 1 heterocycles. The lowest BCUT2D eigenvalue weighted by atomic mass is 10.2. The first-order valence-electron chi connectivity index (χ1n) is 5.51. The van der Waals surface area contributed by atoms with Gasteiger partial charge in [0.15, 0.2) is 29.1 Å². The minimum Gasteiger partial charge on any atom is -0.340 e. The lowest BCUT2D eigenvalue weighted by Gasteiger charge is -2.10. The van der Waals surface area contributed by atoms with Gasteiger partial charge >= 0.3 is 0 Å². The Morgan fingerprint density at radius 3 is 1.95 bits per heavy atom. The van der Waals surface area contributed by atoms with Crippen molar-refractivity contribution in [1.82, 2.24) is 4.37 Å². The summed E-state index contributed by atoms with van der Waals surface area (Å²) in [6.45, 7) is 2.68. The highest BCUT2D eigenvalue weighted by Crippen LogP contribution is 2.33. The maximum absolute atomic E-state index is 13.5. The zero-order valence-electron chi connectivity index (χ0n) is 10.7. The van der Waals surface area contributed by atoms with Crippen molar-refractivity contribution in [3.05, 3.63) is 40.3 Å². The number of benzene rings is 1. The van der Waals surface area contributed by atoms with Crippen molar-refractivity contribution < 1.29 is 26.7 Å². The molecule has 0 unspecified atom stereocenters. The largest absolute Gasteiger partial charge is 0.340 e. The van der Waals surface area contributed by atoms with Gasteiger partial charge in [-0.05, 0) is 25.4 Å². The molecule has 0 aliphatic carbocycles. The van der Waals surface area contributed by atoms with Crippen LogP contribution in [0.3, 0.4) is 0 Å². The molecule has 1 N–H and O–H groups in total. The van der Waals surface area contributed by atoms with Crippen molar-refractivity contribution in [2.24, 2.45) is 0 Å². The monoisotopic (exact) mass is 322 g/mol. The third-order valence-electron chi connectivity index (χ3n) is 2.66. The standard InChI is InChI=1S/C12H7F5N2OS/c1-3-5(4(2)20)12(21-19-3)18-11-9(16)7(14)6(13)8(15)10(11)17/h18H,1-2H3. The minimum atomic E-state index is -2.25. The van der Waals surface area contributed by atoms with E-state index in [1.807, 2.05) is 0 Å². The summed E-state index contributed by atoms with van der Waals surface area (Å²) in [5.74, 6) is -10.8. The number of hydrogen-bond donors (Lipinski definition) is 1. The lowest BCUT2D eigenvalue weighted by Crippen LogP contribution is -2.07. The number of rotatable bonds is 3. The van der Waals surface area contributed by atoms with Gasteiger partial charge in [0.25, 0.3) is 0 Å². The van der Waals surface area contributed by atoms with Gasteiger partial charge in [-0.2, -0.15) is 4.37 Å². The summed E-state index contributed by atoms with van der Waals surface area (Å²) < 4.78 is 70.0. The number of aromatic nitrogens is 1. The normalized spacial score (nSPS) is 10.8. The molecule has 1 aromatic carbocycles. The van der Waals surface area contributed by atoms with Crippen LogP contribution in [0.5, 0.6) is 0 Å². The van der Waals surface area contributed by atoms with Gasteiger partial charge in [0, 0.05) is 0 Å². The van der Waals surface area contributed by atoms with E-state index in [1.54, 1.807) is 0 Å². The van der Waals surface area contributed by atoms with Crippen LogP contribution in [0.4, 0.5) is 32.6 Å². The quantitative estimate of drug-likeness (QED) is 0.400. The third kappa shape index (κ3) is 2.48. The number of anilines is 2. The van der Waals surface area contributed by atoms with Gasteiger partial charge in [-0.3, -0.25) is 4.79 Å². The summed E-state index contributed by atoms with van der Waals surface area (Å²) in [4.78, 5) is 11.4.